The molecule has 0 aromatic heterocycles. The highest BCUT2D eigenvalue weighted by atomic mass is 31.2. The standard InChI is InChI=1S/C18H34NO7P/c1-6-14(7-2)26-16-12-13(18(21)23-8-3)11-15(20)17(16)19-27(22,24-9-4)25-10-5/h12,14-17,20H,6-11H2,1-5H3,(H,19,22)/t15-,16-,17-/m1/s1. The molecule has 158 valence electrons. The Morgan fingerprint density at radius 3 is 2.26 bits per heavy atom. The van der Waals surface area contributed by atoms with Crippen LogP contribution in [0, 0.1) is 0 Å². The van der Waals surface area contributed by atoms with Crippen LogP contribution in [0.3, 0.4) is 0 Å². The molecule has 0 fully saturated rings. The second-order valence-corrected chi connectivity index (χ2v) is 7.98. The molecule has 0 bridgehead atoms. The molecule has 0 amide bonds. The molecule has 8 nitrogen and oxygen atoms in total. The second-order valence-electron chi connectivity index (χ2n) is 6.21. The van der Waals surface area contributed by atoms with Crippen LogP contribution < -0.4 is 5.09 Å². The zero-order chi connectivity index (χ0) is 20.4. The summed E-state index contributed by atoms with van der Waals surface area (Å²) in [6, 6.07) is -0.743. The van der Waals surface area contributed by atoms with Crippen molar-refractivity contribution in [1.82, 2.24) is 5.09 Å². The van der Waals surface area contributed by atoms with Gasteiger partial charge in [-0.15, -0.1) is 0 Å². The zero-order valence-corrected chi connectivity index (χ0v) is 17.9. The molecule has 0 aromatic rings. The molecular formula is C18H34NO7P. The Morgan fingerprint density at radius 2 is 1.78 bits per heavy atom. The van der Waals surface area contributed by atoms with Crippen LogP contribution in [0.5, 0.6) is 0 Å². The van der Waals surface area contributed by atoms with Gasteiger partial charge in [-0.1, -0.05) is 13.8 Å². The van der Waals surface area contributed by atoms with Gasteiger partial charge in [-0.2, -0.15) is 0 Å². The largest absolute Gasteiger partial charge is 0.463 e. The Kier molecular flexibility index (Phi) is 10.7. The predicted molar refractivity (Wildman–Crippen MR) is 102 cm³/mol. The lowest BCUT2D eigenvalue weighted by Crippen LogP contribution is -2.51. The number of carbonyl (C=O) groups excluding carboxylic acids is 1. The molecule has 3 atom stereocenters. The Bertz CT molecular complexity index is 526. The summed E-state index contributed by atoms with van der Waals surface area (Å²) < 4.78 is 34.6. The smallest absolute Gasteiger partial charge is 0.405 e. The van der Waals surface area contributed by atoms with Gasteiger partial charge in [0.1, 0.15) is 0 Å². The van der Waals surface area contributed by atoms with Crippen molar-refractivity contribution in [3.8, 4) is 0 Å². The number of hydrogen-bond acceptors (Lipinski definition) is 7. The zero-order valence-electron chi connectivity index (χ0n) is 17.0. The number of rotatable bonds is 12. The summed E-state index contributed by atoms with van der Waals surface area (Å²) in [4.78, 5) is 12.1. The summed E-state index contributed by atoms with van der Waals surface area (Å²) in [6.45, 7) is 9.76. The van der Waals surface area contributed by atoms with E-state index < -0.39 is 32.0 Å². The van der Waals surface area contributed by atoms with Crippen molar-refractivity contribution in [2.75, 3.05) is 19.8 Å². The summed E-state index contributed by atoms with van der Waals surface area (Å²) in [6.07, 6.45) is 1.50. The van der Waals surface area contributed by atoms with Crippen LogP contribution in [0.2, 0.25) is 0 Å². The van der Waals surface area contributed by atoms with E-state index in [0.717, 1.165) is 12.8 Å². The maximum atomic E-state index is 12.9. The van der Waals surface area contributed by atoms with Gasteiger partial charge < -0.3 is 14.6 Å². The van der Waals surface area contributed by atoms with E-state index in [-0.39, 0.29) is 32.3 Å². The summed E-state index contributed by atoms with van der Waals surface area (Å²) in [7, 11) is -3.61. The van der Waals surface area contributed by atoms with Gasteiger partial charge in [0.2, 0.25) is 0 Å². The third-order valence-corrected chi connectivity index (χ3v) is 6.08. The van der Waals surface area contributed by atoms with Crippen molar-refractivity contribution in [3.63, 3.8) is 0 Å². The molecular weight excluding hydrogens is 373 g/mol. The minimum absolute atomic E-state index is 0.0668. The van der Waals surface area contributed by atoms with Gasteiger partial charge in [-0.05, 0) is 39.7 Å². The van der Waals surface area contributed by atoms with Crippen molar-refractivity contribution in [1.29, 1.82) is 0 Å². The Hall–Kier alpha value is -0.760. The van der Waals surface area contributed by atoms with Crippen molar-refractivity contribution in [2.45, 2.75) is 78.2 Å². The van der Waals surface area contributed by atoms with Crippen molar-refractivity contribution in [2.24, 2.45) is 0 Å². The van der Waals surface area contributed by atoms with Crippen LogP contribution in [0.1, 0.15) is 53.9 Å². The van der Waals surface area contributed by atoms with Gasteiger partial charge in [0.25, 0.3) is 0 Å². The third kappa shape index (κ3) is 7.29. The molecule has 0 unspecified atom stereocenters. The van der Waals surface area contributed by atoms with Crippen LogP contribution in [0.4, 0.5) is 0 Å². The molecule has 27 heavy (non-hydrogen) atoms. The highest BCUT2D eigenvalue weighted by molar-refractivity contribution is 7.51. The molecule has 0 aliphatic heterocycles. The van der Waals surface area contributed by atoms with E-state index in [1.54, 1.807) is 26.8 Å². The van der Waals surface area contributed by atoms with E-state index >= 15 is 0 Å². The first-order valence-corrected chi connectivity index (χ1v) is 11.3. The lowest BCUT2D eigenvalue weighted by molar-refractivity contribution is -0.139. The van der Waals surface area contributed by atoms with Gasteiger partial charge in [-0.25, -0.2) is 14.4 Å². The number of ether oxygens (including phenoxy) is 2. The maximum Gasteiger partial charge on any atom is 0.405 e. The highest BCUT2D eigenvalue weighted by Crippen LogP contribution is 2.45. The van der Waals surface area contributed by atoms with Gasteiger partial charge in [0.05, 0.1) is 44.2 Å². The molecule has 9 heteroatoms. The summed E-state index contributed by atoms with van der Waals surface area (Å²) in [5.74, 6) is -0.481. The average Bonchev–Trinajstić information content (AvgIpc) is 2.62. The van der Waals surface area contributed by atoms with Gasteiger partial charge in [-0.3, -0.25) is 9.05 Å². The molecule has 0 radical (unpaired) electrons. The first kappa shape index (κ1) is 24.3. The normalized spacial score (nSPS) is 23.4. The fourth-order valence-corrected chi connectivity index (χ4v) is 4.53. The summed E-state index contributed by atoms with van der Waals surface area (Å²) in [5.41, 5.74) is 0.348. The number of hydrogen-bond donors (Lipinski definition) is 2. The van der Waals surface area contributed by atoms with Crippen LogP contribution in [-0.4, -0.2) is 55.3 Å². The minimum Gasteiger partial charge on any atom is -0.463 e. The monoisotopic (exact) mass is 407 g/mol. The summed E-state index contributed by atoms with van der Waals surface area (Å²) >= 11 is 0. The van der Waals surface area contributed by atoms with Crippen molar-refractivity contribution < 1.29 is 33.0 Å². The van der Waals surface area contributed by atoms with Crippen molar-refractivity contribution >= 4 is 13.7 Å². The number of carbonyl (C=O) groups is 1. The molecule has 0 saturated heterocycles. The third-order valence-electron chi connectivity index (χ3n) is 4.27. The minimum atomic E-state index is -3.61. The van der Waals surface area contributed by atoms with Crippen LogP contribution in [0.25, 0.3) is 0 Å². The van der Waals surface area contributed by atoms with Gasteiger partial charge >= 0.3 is 13.7 Å². The molecule has 1 aliphatic carbocycles. The average molecular weight is 407 g/mol. The van der Waals surface area contributed by atoms with E-state index in [9.17, 15) is 14.5 Å². The molecule has 0 saturated carbocycles. The Morgan fingerprint density at radius 1 is 1.19 bits per heavy atom. The topological polar surface area (TPSA) is 103 Å². The maximum absolute atomic E-state index is 12.9. The highest BCUT2D eigenvalue weighted by Gasteiger charge is 2.41. The molecule has 0 aromatic carbocycles. The first-order valence-electron chi connectivity index (χ1n) is 9.72. The number of esters is 1. The quantitative estimate of drug-likeness (QED) is 0.376. The number of aliphatic hydroxyl groups excluding tert-OH is 1. The Labute approximate surface area is 162 Å². The van der Waals surface area contributed by atoms with E-state index in [1.807, 2.05) is 13.8 Å². The fourth-order valence-electron chi connectivity index (χ4n) is 2.94. The molecule has 1 rings (SSSR count). The van der Waals surface area contributed by atoms with Gasteiger partial charge in [0.15, 0.2) is 0 Å². The number of aliphatic hydroxyl groups is 1. The van der Waals surface area contributed by atoms with E-state index in [1.165, 1.54) is 0 Å². The first-order chi connectivity index (χ1) is 12.8. The SMILES string of the molecule is CCOC(=O)C1=C[C@@H](OC(CC)CC)[C@H](NP(=O)(OCC)OCC)[C@H](O)C1. The molecule has 0 spiro atoms. The van der Waals surface area contributed by atoms with E-state index in [2.05, 4.69) is 5.09 Å². The fraction of sp³-hybridized carbons (Fsp3) is 0.833. The second kappa shape index (κ2) is 11.9. The lowest BCUT2D eigenvalue weighted by atomic mass is 9.90. The Balaban J connectivity index is 3.13. The van der Waals surface area contributed by atoms with Crippen LogP contribution in [-0.2, 0) is 27.9 Å². The van der Waals surface area contributed by atoms with Crippen LogP contribution >= 0.6 is 7.75 Å². The van der Waals surface area contributed by atoms with E-state index in [0.29, 0.717) is 5.57 Å². The molecule has 0 heterocycles. The lowest BCUT2D eigenvalue weighted by Gasteiger charge is -2.37. The molecule has 2 N–H and O–H groups in total. The van der Waals surface area contributed by atoms with Crippen molar-refractivity contribution in [3.05, 3.63) is 11.6 Å². The molecule has 1 aliphatic rings. The number of nitrogens with one attached hydrogen (secondary N) is 1. The van der Waals surface area contributed by atoms with Crippen LogP contribution in [0.15, 0.2) is 11.6 Å². The predicted octanol–water partition coefficient (Wildman–Crippen LogP) is 2.95. The van der Waals surface area contributed by atoms with E-state index in [4.69, 9.17) is 18.5 Å². The summed E-state index contributed by atoms with van der Waals surface area (Å²) in [5, 5.41) is 13.5. The van der Waals surface area contributed by atoms with Gasteiger partial charge in [0, 0.05) is 12.0 Å².